The predicted molar refractivity (Wildman–Crippen MR) is 316 cm³/mol. The number of allylic oxidation sites excluding steroid dienone is 20. The molecule has 0 saturated carbocycles. The van der Waals surface area contributed by atoms with E-state index < -0.39 is 6.10 Å². The molecule has 0 aliphatic carbocycles. The van der Waals surface area contributed by atoms with Gasteiger partial charge in [0.15, 0.2) is 6.10 Å². The molecule has 73 heavy (non-hydrogen) atoms. The van der Waals surface area contributed by atoms with Gasteiger partial charge in [0.05, 0.1) is 0 Å². The summed E-state index contributed by atoms with van der Waals surface area (Å²) < 4.78 is 16.7. The maximum absolute atomic E-state index is 12.8. The smallest absolute Gasteiger partial charge is 0.306 e. The van der Waals surface area contributed by atoms with E-state index in [1.165, 1.54) is 89.9 Å². The Morgan fingerprint density at radius 1 is 0.288 bits per heavy atom. The highest BCUT2D eigenvalue weighted by molar-refractivity contribution is 5.71. The van der Waals surface area contributed by atoms with E-state index in [1.54, 1.807) is 0 Å². The number of ether oxygens (including phenoxy) is 3. The fraction of sp³-hybridized carbons (Fsp3) is 0.657. The lowest BCUT2D eigenvalue weighted by Gasteiger charge is -2.18. The van der Waals surface area contributed by atoms with E-state index in [2.05, 4.69) is 142 Å². The van der Waals surface area contributed by atoms with Crippen molar-refractivity contribution >= 4 is 17.9 Å². The lowest BCUT2D eigenvalue weighted by molar-refractivity contribution is -0.167. The average Bonchev–Trinajstić information content (AvgIpc) is 3.39. The lowest BCUT2D eigenvalue weighted by Crippen LogP contribution is -2.30. The van der Waals surface area contributed by atoms with Crippen LogP contribution in [0.25, 0.3) is 0 Å². The molecule has 0 N–H and O–H groups in total. The number of carbonyl (C=O) groups is 3. The Kier molecular flexibility index (Phi) is 56.9. The molecule has 0 amide bonds. The molecule has 1 unspecified atom stereocenters. The van der Waals surface area contributed by atoms with Crippen LogP contribution >= 0.6 is 0 Å². The third-order valence-electron chi connectivity index (χ3n) is 12.5. The van der Waals surface area contributed by atoms with Crippen molar-refractivity contribution in [1.29, 1.82) is 0 Å². The molecule has 0 fully saturated rings. The van der Waals surface area contributed by atoms with Crippen LogP contribution in [0.2, 0.25) is 0 Å². The molecule has 6 heteroatoms. The van der Waals surface area contributed by atoms with Crippen LogP contribution in [-0.4, -0.2) is 37.2 Å². The van der Waals surface area contributed by atoms with Crippen molar-refractivity contribution in [2.45, 2.75) is 271 Å². The molecule has 414 valence electrons. The van der Waals surface area contributed by atoms with Crippen molar-refractivity contribution in [3.05, 3.63) is 122 Å². The first-order chi connectivity index (χ1) is 36.0. The normalized spacial score (nSPS) is 13.0. The van der Waals surface area contributed by atoms with Crippen LogP contribution in [0.15, 0.2) is 122 Å². The first-order valence-corrected chi connectivity index (χ1v) is 30.0. The van der Waals surface area contributed by atoms with Crippen LogP contribution in [0.3, 0.4) is 0 Å². The monoisotopic (exact) mass is 1010 g/mol. The molecule has 1 atom stereocenters. The third-order valence-corrected chi connectivity index (χ3v) is 12.5. The summed E-state index contributed by atoms with van der Waals surface area (Å²) in [5.41, 5.74) is 0. The highest BCUT2D eigenvalue weighted by Gasteiger charge is 2.19. The number of hydrogen-bond acceptors (Lipinski definition) is 6. The Morgan fingerprint density at radius 3 is 0.836 bits per heavy atom. The molecule has 0 saturated heterocycles. The van der Waals surface area contributed by atoms with Gasteiger partial charge < -0.3 is 14.2 Å². The fourth-order valence-electron chi connectivity index (χ4n) is 8.00. The van der Waals surface area contributed by atoms with E-state index in [0.717, 1.165) is 135 Å². The SMILES string of the molecule is CC/C=C\C/C=C\C/C=C\C/C=C\C/C=C\C/C=C\C/C=C\C/C=C\C/C=C\C/C=C\CCCCC(=O)OCC(COC(=O)CCCCCCC)OC(=O)CCCCCCCCCCCCCCCCCCC. The number of rotatable bonds is 53. The Morgan fingerprint density at radius 2 is 0.534 bits per heavy atom. The van der Waals surface area contributed by atoms with Crippen molar-refractivity contribution in [1.82, 2.24) is 0 Å². The number of esters is 3. The van der Waals surface area contributed by atoms with Gasteiger partial charge in [-0.15, -0.1) is 0 Å². The Balaban J connectivity index is 4.17. The van der Waals surface area contributed by atoms with Gasteiger partial charge in [-0.3, -0.25) is 14.4 Å². The largest absolute Gasteiger partial charge is 0.462 e. The quantitative estimate of drug-likeness (QED) is 0.0261. The fourth-order valence-corrected chi connectivity index (χ4v) is 8.00. The minimum Gasteiger partial charge on any atom is -0.462 e. The number of carbonyl (C=O) groups excluding carboxylic acids is 3. The predicted octanol–water partition coefficient (Wildman–Crippen LogP) is 20.4. The Hall–Kier alpha value is -4.19. The molecular formula is C67H110O6. The third kappa shape index (κ3) is 58.6. The zero-order valence-electron chi connectivity index (χ0n) is 47.4. The molecule has 0 aromatic carbocycles. The molecule has 0 radical (unpaired) electrons. The standard InChI is InChI=1S/C67H110O6/c1-4-7-10-13-15-17-19-21-23-25-26-27-28-29-30-31-32-33-34-35-36-37-38-39-40-42-43-45-47-49-51-54-57-60-66(69)72-63-64(62-71-65(68)59-56-53-12-9-6-3)73-67(70)61-58-55-52-50-48-46-44-41-24-22-20-18-16-14-11-8-5-2/h7,10,15,17,21,23,26-27,29-30,32-33,35-36,38-39,42-43,47,49,64H,4-6,8-9,11-14,16,18-20,22,24-25,28,31,34,37,40-41,44-46,48,50-63H2,1-3H3/b10-7-,17-15-,23-21-,27-26-,30-29-,33-32-,36-35-,39-38-,43-42-,49-47-. The van der Waals surface area contributed by atoms with Crippen molar-refractivity contribution in [3.8, 4) is 0 Å². The summed E-state index contributed by atoms with van der Waals surface area (Å²) in [6, 6.07) is 0. The van der Waals surface area contributed by atoms with Crippen molar-refractivity contribution in [2.75, 3.05) is 13.2 Å². The van der Waals surface area contributed by atoms with Crippen molar-refractivity contribution in [3.63, 3.8) is 0 Å². The van der Waals surface area contributed by atoms with Gasteiger partial charge in [0, 0.05) is 19.3 Å². The summed E-state index contributed by atoms with van der Waals surface area (Å²) in [6.45, 7) is 6.41. The summed E-state index contributed by atoms with van der Waals surface area (Å²) >= 11 is 0. The summed E-state index contributed by atoms with van der Waals surface area (Å²) in [6.07, 6.45) is 83.9. The second kappa shape index (κ2) is 60.4. The molecule has 0 bridgehead atoms. The van der Waals surface area contributed by atoms with Gasteiger partial charge in [-0.05, 0) is 96.3 Å². The van der Waals surface area contributed by atoms with Gasteiger partial charge >= 0.3 is 17.9 Å². The van der Waals surface area contributed by atoms with Crippen molar-refractivity contribution < 1.29 is 28.6 Å². The Bertz CT molecular complexity index is 1540. The van der Waals surface area contributed by atoms with Crippen molar-refractivity contribution in [2.24, 2.45) is 0 Å². The van der Waals surface area contributed by atoms with E-state index in [-0.39, 0.29) is 31.1 Å². The van der Waals surface area contributed by atoms with E-state index >= 15 is 0 Å². The molecular weight excluding hydrogens is 901 g/mol. The van der Waals surface area contributed by atoms with Gasteiger partial charge in [-0.2, -0.15) is 0 Å². The van der Waals surface area contributed by atoms with Crippen LogP contribution in [0, 0.1) is 0 Å². The molecule has 0 heterocycles. The molecule has 0 aromatic heterocycles. The Labute approximate surface area is 450 Å². The molecule has 0 spiro atoms. The zero-order chi connectivity index (χ0) is 52.9. The van der Waals surface area contributed by atoms with E-state index in [1.807, 2.05) is 0 Å². The molecule has 0 aromatic rings. The van der Waals surface area contributed by atoms with Crippen LogP contribution in [-0.2, 0) is 28.6 Å². The highest BCUT2D eigenvalue weighted by Crippen LogP contribution is 2.15. The zero-order valence-corrected chi connectivity index (χ0v) is 47.4. The van der Waals surface area contributed by atoms with Gasteiger partial charge in [0.2, 0.25) is 0 Å². The number of unbranched alkanes of at least 4 members (excludes halogenated alkanes) is 22. The molecule has 6 nitrogen and oxygen atoms in total. The van der Waals surface area contributed by atoms with E-state index in [9.17, 15) is 14.4 Å². The minimum absolute atomic E-state index is 0.0922. The van der Waals surface area contributed by atoms with Crippen LogP contribution in [0.4, 0.5) is 0 Å². The van der Waals surface area contributed by atoms with Crippen LogP contribution in [0.1, 0.15) is 265 Å². The van der Waals surface area contributed by atoms with Gasteiger partial charge in [0.25, 0.3) is 0 Å². The van der Waals surface area contributed by atoms with Gasteiger partial charge in [-0.25, -0.2) is 0 Å². The van der Waals surface area contributed by atoms with Gasteiger partial charge in [0.1, 0.15) is 13.2 Å². The molecule has 0 aliphatic heterocycles. The van der Waals surface area contributed by atoms with Gasteiger partial charge in [-0.1, -0.05) is 271 Å². The summed E-state index contributed by atoms with van der Waals surface area (Å²) in [7, 11) is 0. The number of hydrogen-bond donors (Lipinski definition) is 0. The maximum atomic E-state index is 12.8. The minimum atomic E-state index is -0.792. The second-order valence-corrected chi connectivity index (χ2v) is 19.5. The summed E-state index contributed by atoms with van der Waals surface area (Å²) in [5, 5.41) is 0. The first kappa shape index (κ1) is 68.8. The van der Waals surface area contributed by atoms with E-state index in [0.29, 0.717) is 19.3 Å². The first-order valence-electron chi connectivity index (χ1n) is 30.0. The molecule has 0 aliphatic rings. The van der Waals surface area contributed by atoms with E-state index in [4.69, 9.17) is 14.2 Å². The lowest BCUT2D eigenvalue weighted by atomic mass is 10.0. The van der Waals surface area contributed by atoms with Crippen LogP contribution in [0.5, 0.6) is 0 Å². The average molecular weight is 1010 g/mol. The maximum Gasteiger partial charge on any atom is 0.306 e. The highest BCUT2D eigenvalue weighted by atomic mass is 16.6. The van der Waals surface area contributed by atoms with Crippen LogP contribution < -0.4 is 0 Å². The topological polar surface area (TPSA) is 78.9 Å². The summed E-state index contributed by atoms with van der Waals surface area (Å²) in [4.78, 5) is 37.8. The summed E-state index contributed by atoms with van der Waals surface area (Å²) in [5.74, 6) is -0.950. The molecule has 0 rings (SSSR count). The second-order valence-electron chi connectivity index (χ2n) is 19.5.